The Hall–Kier alpha value is -4.71. The van der Waals surface area contributed by atoms with Crippen LogP contribution < -0.4 is 20.3 Å². The number of hydrogen-bond donors (Lipinski definition) is 2. The molecule has 0 spiro atoms. The second-order valence-electron chi connectivity index (χ2n) is 10.4. The van der Waals surface area contributed by atoms with E-state index in [9.17, 15) is 14.4 Å². The standard InChI is InChI=1S/C34H29BrCl2N6O4/c1-21-32(35)43-17-3-4-28(33(43)41-21)47-20-25-26(36)10-11-27(31(25)37)42(2)30(45)19-39-29(44)12-7-22-5-8-24(9-6-22)34(46)40-18-23-13-15-38-16-14-23/h3-17H,18-20H2,1-2H3,(H,39,44)(H,40,46). The molecule has 5 rings (SSSR count). The monoisotopic (exact) mass is 734 g/mol. The van der Waals surface area contributed by atoms with Crippen molar-refractivity contribution in [2.24, 2.45) is 0 Å². The number of aromatic nitrogens is 3. The number of likely N-dealkylation sites (N-methyl/N-ethyl adjacent to an activating group) is 1. The summed E-state index contributed by atoms with van der Waals surface area (Å²) >= 11 is 16.7. The van der Waals surface area contributed by atoms with Crippen LogP contribution in [0.4, 0.5) is 5.69 Å². The first-order valence-corrected chi connectivity index (χ1v) is 15.9. The van der Waals surface area contributed by atoms with Gasteiger partial charge in [0.2, 0.25) is 11.8 Å². The summed E-state index contributed by atoms with van der Waals surface area (Å²) in [5, 5.41) is 6.07. The van der Waals surface area contributed by atoms with Gasteiger partial charge in [0.25, 0.3) is 5.91 Å². The Balaban J connectivity index is 1.14. The van der Waals surface area contributed by atoms with Gasteiger partial charge in [-0.05, 0) is 88.6 Å². The van der Waals surface area contributed by atoms with Crippen molar-refractivity contribution in [1.82, 2.24) is 25.0 Å². The van der Waals surface area contributed by atoms with Crippen LogP contribution in [0.15, 0.2) is 89.9 Å². The van der Waals surface area contributed by atoms with Crippen LogP contribution in [0.3, 0.4) is 0 Å². The average Bonchev–Trinajstić information content (AvgIpc) is 3.38. The average molecular weight is 736 g/mol. The zero-order valence-corrected chi connectivity index (χ0v) is 28.4. The second kappa shape index (κ2) is 15.3. The van der Waals surface area contributed by atoms with E-state index in [4.69, 9.17) is 27.9 Å². The molecule has 13 heteroatoms. The Labute approximate surface area is 289 Å². The van der Waals surface area contributed by atoms with Gasteiger partial charge in [-0.3, -0.25) is 23.8 Å². The van der Waals surface area contributed by atoms with Gasteiger partial charge in [0, 0.05) is 54.4 Å². The van der Waals surface area contributed by atoms with Crippen LogP contribution in [0.1, 0.15) is 32.7 Å². The van der Waals surface area contributed by atoms with Gasteiger partial charge in [0.05, 0.1) is 22.9 Å². The number of halogens is 3. The third-order valence-corrected chi connectivity index (χ3v) is 8.94. The van der Waals surface area contributed by atoms with Crippen molar-refractivity contribution >= 4 is 74.3 Å². The largest absolute Gasteiger partial charge is 0.485 e. The number of nitrogens with one attached hydrogen (secondary N) is 2. The van der Waals surface area contributed by atoms with Crippen molar-refractivity contribution in [3.63, 3.8) is 0 Å². The first kappa shape index (κ1) is 33.6. The number of nitrogens with zero attached hydrogens (tertiary/aromatic N) is 4. The number of benzene rings is 2. The number of ether oxygens (including phenoxy) is 1. The van der Waals surface area contributed by atoms with Gasteiger partial charge in [0.15, 0.2) is 11.4 Å². The van der Waals surface area contributed by atoms with Gasteiger partial charge in [-0.2, -0.15) is 0 Å². The molecule has 2 aromatic carbocycles. The highest BCUT2D eigenvalue weighted by Crippen LogP contribution is 2.35. The molecule has 5 aromatic rings. The highest BCUT2D eigenvalue weighted by atomic mass is 79.9. The van der Waals surface area contributed by atoms with E-state index >= 15 is 0 Å². The zero-order valence-electron chi connectivity index (χ0n) is 25.3. The minimum Gasteiger partial charge on any atom is -0.485 e. The molecule has 0 saturated carbocycles. The maximum Gasteiger partial charge on any atom is 0.251 e. The van der Waals surface area contributed by atoms with E-state index < -0.39 is 11.8 Å². The smallest absolute Gasteiger partial charge is 0.251 e. The highest BCUT2D eigenvalue weighted by Gasteiger charge is 2.20. The molecular weight excluding hydrogens is 707 g/mol. The van der Waals surface area contributed by atoms with E-state index in [1.807, 2.05) is 35.7 Å². The fourth-order valence-electron chi connectivity index (χ4n) is 4.54. The second-order valence-corrected chi connectivity index (χ2v) is 11.9. The van der Waals surface area contributed by atoms with Gasteiger partial charge in [-0.15, -0.1) is 0 Å². The van der Waals surface area contributed by atoms with Gasteiger partial charge in [-0.25, -0.2) is 4.98 Å². The van der Waals surface area contributed by atoms with E-state index in [2.05, 4.69) is 36.5 Å². The molecule has 0 aliphatic heterocycles. The molecule has 3 heterocycles. The third kappa shape index (κ3) is 8.18. The lowest BCUT2D eigenvalue weighted by Gasteiger charge is -2.21. The number of carbonyl (C=O) groups is 3. The van der Waals surface area contributed by atoms with Crippen LogP contribution in [-0.4, -0.2) is 45.7 Å². The summed E-state index contributed by atoms with van der Waals surface area (Å²) in [6.45, 7) is 2.05. The Kier molecular flexibility index (Phi) is 10.9. The Morgan fingerprint density at radius 2 is 1.77 bits per heavy atom. The molecular formula is C34H29BrCl2N6O4. The summed E-state index contributed by atoms with van der Waals surface area (Å²) < 4.78 is 8.75. The maximum absolute atomic E-state index is 13.0. The van der Waals surface area contributed by atoms with Crippen LogP contribution in [-0.2, 0) is 22.7 Å². The quantitative estimate of drug-likeness (QED) is 0.152. The molecule has 10 nitrogen and oxygen atoms in total. The van der Waals surface area contributed by atoms with Crippen LogP contribution >= 0.6 is 39.1 Å². The van der Waals surface area contributed by atoms with Gasteiger partial charge >= 0.3 is 0 Å². The van der Waals surface area contributed by atoms with Crippen molar-refractivity contribution < 1.29 is 19.1 Å². The first-order valence-electron chi connectivity index (χ1n) is 14.3. The molecule has 3 amide bonds. The number of imidazole rings is 1. The molecule has 3 aromatic heterocycles. The number of anilines is 1. The fourth-order valence-corrected chi connectivity index (χ4v) is 5.52. The summed E-state index contributed by atoms with van der Waals surface area (Å²) in [7, 11) is 1.56. The molecule has 0 atom stereocenters. The number of aryl methyl sites for hydroxylation is 1. The van der Waals surface area contributed by atoms with Crippen LogP contribution in [0.2, 0.25) is 10.0 Å². The van der Waals surface area contributed by atoms with Crippen molar-refractivity contribution in [2.75, 3.05) is 18.5 Å². The van der Waals surface area contributed by atoms with Crippen molar-refractivity contribution in [3.05, 3.63) is 128 Å². The molecule has 0 fully saturated rings. The summed E-state index contributed by atoms with van der Waals surface area (Å²) in [6, 6.07) is 17.4. The first-order chi connectivity index (χ1) is 22.6. The van der Waals surface area contributed by atoms with Crippen molar-refractivity contribution in [1.29, 1.82) is 0 Å². The van der Waals surface area contributed by atoms with Gasteiger partial charge in [-0.1, -0.05) is 35.3 Å². The van der Waals surface area contributed by atoms with Crippen LogP contribution in [0.5, 0.6) is 5.75 Å². The van der Waals surface area contributed by atoms with E-state index in [-0.39, 0.29) is 24.1 Å². The third-order valence-electron chi connectivity index (χ3n) is 7.20. The zero-order chi connectivity index (χ0) is 33.5. The van der Waals surface area contributed by atoms with Gasteiger partial charge in [0.1, 0.15) is 11.2 Å². The molecule has 0 bridgehead atoms. The van der Waals surface area contributed by atoms with Crippen LogP contribution in [0, 0.1) is 6.92 Å². The summed E-state index contributed by atoms with van der Waals surface area (Å²) in [4.78, 5) is 47.7. The molecule has 240 valence electrons. The van der Waals surface area contributed by atoms with E-state index in [1.54, 1.807) is 68.0 Å². The number of fused-ring (bicyclic) bond motifs is 1. The lowest BCUT2D eigenvalue weighted by atomic mass is 10.1. The minimum atomic E-state index is -0.461. The van der Waals surface area contributed by atoms with E-state index in [0.717, 1.165) is 15.9 Å². The molecule has 0 saturated heterocycles. The summed E-state index contributed by atoms with van der Waals surface area (Å²) in [5.74, 6) is -0.532. The number of amides is 3. The Morgan fingerprint density at radius 3 is 2.51 bits per heavy atom. The summed E-state index contributed by atoms with van der Waals surface area (Å²) in [5.41, 5.74) is 4.50. The summed E-state index contributed by atoms with van der Waals surface area (Å²) in [6.07, 6.45) is 8.11. The van der Waals surface area contributed by atoms with E-state index in [0.29, 0.717) is 45.3 Å². The maximum atomic E-state index is 13.0. The lowest BCUT2D eigenvalue weighted by Crippen LogP contribution is -2.37. The topological polar surface area (TPSA) is 118 Å². The number of hydrogen-bond acceptors (Lipinski definition) is 6. The lowest BCUT2D eigenvalue weighted by molar-refractivity contribution is -0.122. The molecule has 2 N–H and O–H groups in total. The fraction of sp³-hybridized carbons (Fsp3) is 0.147. The Morgan fingerprint density at radius 1 is 1.02 bits per heavy atom. The van der Waals surface area contributed by atoms with Crippen molar-refractivity contribution in [3.8, 4) is 5.75 Å². The minimum absolute atomic E-state index is 0.0372. The van der Waals surface area contributed by atoms with E-state index in [1.165, 1.54) is 11.0 Å². The molecule has 0 radical (unpaired) electrons. The number of rotatable bonds is 11. The van der Waals surface area contributed by atoms with Crippen molar-refractivity contribution in [2.45, 2.75) is 20.1 Å². The molecule has 47 heavy (non-hydrogen) atoms. The number of pyridine rings is 2. The number of carbonyl (C=O) groups excluding carboxylic acids is 3. The SMILES string of the molecule is Cc1nc2c(OCc3c(Cl)ccc(N(C)C(=O)CNC(=O)C=Cc4ccc(C(=O)NCc5ccncc5)cc4)c3Cl)cccn2c1Br. The van der Waals surface area contributed by atoms with Crippen LogP contribution in [0.25, 0.3) is 11.7 Å². The molecule has 0 aliphatic carbocycles. The normalized spacial score (nSPS) is 11.1. The molecule has 0 unspecified atom stereocenters. The molecule has 0 aliphatic rings. The predicted octanol–water partition coefficient (Wildman–Crippen LogP) is 6.41. The highest BCUT2D eigenvalue weighted by molar-refractivity contribution is 9.10. The van der Waals surface area contributed by atoms with Gasteiger partial charge < -0.3 is 20.3 Å². The predicted molar refractivity (Wildman–Crippen MR) is 186 cm³/mol. The Bertz CT molecular complexity index is 1970.